The topological polar surface area (TPSA) is 54.5 Å². The highest BCUT2D eigenvalue weighted by Gasteiger charge is 2.10. The summed E-state index contributed by atoms with van der Waals surface area (Å²) in [5.41, 5.74) is 3.86. The van der Waals surface area contributed by atoms with Gasteiger partial charge in [-0.05, 0) is 12.1 Å². The molecular formula is C14H12N4. The molecule has 1 aromatic carbocycles. The molecule has 18 heavy (non-hydrogen) atoms. The maximum atomic E-state index is 4.31. The van der Waals surface area contributed by atoms with Crippen LogP contribution in [0, 0.1) is 0 Å². The van der Waals surface area contributed by atoms with Gasteiger partial charge in [0, 0.05) is 23.9 Å². The highest BCUT2D eigenvalue weighted by molar-refractivity contribution is 5.61. The Bertz CT molecular complexity index is 617. The highest BCUT2D eigenvalue weighted by Crippen LogP contribution is 2.20. The minimum atomic E-state index is 0.682. The number of hydrogen-bond donors (Lipinski definition) is 1. The molecule has 4 nitrogen and oxygen atoms in total. The average molecular weight is 236 g/mol. The van der Waals surface area contributed by atoms with Crippen LogP contribution in [-0.4, -0.2) is 20.4 Å². The van der Waals surface area contributed by atoms with E-state index >= 15 is 0 Å². The molecule has 88 valence electrons. The molecule has 2 heterocycles. The van der Waals surface area contributed by atoms with Crippen molar-refractivity contribution >= 4 is 0 Å². The summed E-state index contributed by atoms with van der Waals surface area (Å²) in [6.07, 6.45) is 2.47. The standard InChI is InChI=1S/C14H12N4/c1-2-6-11(7-3-1)14-13(16-18-17-14)10-12-8-4-5-9-15-12/h1-9H,10H2,(H,16,17,18). The maximum absolute atomic E-state index is 4.31. The molecule has 2 aromatic heterocycles. The third kappa shape index (κ3) is 2.13. The van der Waals surface area contributed by atoms with Gasteiger partial charge in [-0.1, -0.05) is 36.4 Å². The first-order valence-corrected chi connectivity index (χ1v) is 5.78. The first-order valence-electron chi connectivity index (χ1n) is 5.78. The minimum Gasteiger partial charge on any atom is -0.261 e. The number of pyridine rings is 1. The Kier molecular flexibility index (Phi) is 2.84. The smallest absolute Gasteiger partial charge is 0.116 e. The molecule has 0 aliphatic heterocycles. The first kappa shape index (κ1) is 10.7. The SMILES string of the molecule is c1ccc(-c2n[nH]nc2Cc2ccccn2)cc1. The Morgan fingerprint density at radius 3 is 2.50 bits per heavy atom. The molecule has 0 fully saturated rings. The Morgan fingerprint density at radius 2 is 1.72 bits per heavy atom. The van der Waals surface area contributed by atoms with Crippen LogP contribution in [0.3, 0.4) is 0 Å². The van der Waals surface area contributed by atoms with Gasteiger partial charge >= 0.3 is 0 Å². The lowest BCUT2D eigenvalue weighted by Crippen LogP contribution is -1.94. The van der Waals surface area contributed by atoms with Gasteiger partial charge in [0.25, 0.3) is 0 Å². The zero-order valence-corrected chi connectivity index (χ0v) is 9.74. The highest BCUT2D eigenvalue weighted by atomic mass is 15.3. The minimum absolute atomic E-state index is 0.682. The van der Waals surface area contributed by atoms with Gasteiger partial charge in [0.15, 0.2) is 0 Å². The lowest BCUT2D eigenvalue weighted by molar-refractivity contribution is 0.908. The molecule has 3 rings (SSSR count). The largest absolute Gasteiger partial charge is 0.261 e. The van der Waals surface area contributed by atoms with E-state index in [0.717, 1.165) is 22.6 Å². The van der Waals surface area contributed by atoms with Gasteiger partial charge in [0.05, 0.1) is 5.69 Å². The number of benzene rings is 1. The quantitative estimate of drug-likeness (QED) is 0.760. The lowest BCUT2D eigenvalue weighted by atomic mass is 10.1. The van der Waals surface area contributed by atoms with Crippen LogP contribution < -0.4 is 0 Å². The zero-order chi connectivity index (χ0) is 12.2. The van der Waals surface area contributed by atoms with Crippen LogP contribution in [0.4, 0.5) is 0 Å². The van der Waals surface area contributed by atoms with Crippen molar-refractivity contribution in [3.8, 4) is 11.3 Å². The van der Waals surface area contributed by atoms with E-state index in [4.69, 9.17) is 0 Å². The van der Waals surface area contributed by atoms with Gasteiger partial charge in [-0.3, -0.25) is 4.98 Å². The van der Waals surface area contributed by atoms with Gasteiger partial charge in [-0.15, -0.1) is 0 Å². The van der Waals surface area contributed by atoms with Gasteiger partial charge < -0.3 is 0 Å². The summed E-state index contributed by atoms with van der Waals surface area (Å²) >= 11 is 0. The van der Waals surface area contributed by atoms with Crippen molar-refractivity contribution in [3.63, 3.8) is 0 Å². The van der Waals surface area contributed by atoms with Crippen LogP contribution in [0.25, 0.3) is 11.3 Å². The van der Waals surface area contributed by atoms with Crippen LogP contribution in [-0.2, 0) is 6.42 Å². The van der Waals surface area contributed by atoms with Crippen LogP contribution in [0.1, 0.15) is 11.4 Å². The number of nitrogens with one attached hydrogen (secondary N) is 1. The number of H-pyrrole nitrogens is 1. The van der Waals surface area contributed by atoms with E-state index in [2.05, 4.69) is 20.4 Å². The molecule has 0 amide bonds. The second kappa shape index (κ2) is 4.79. The Balaban J connectivity index is 1.93. The fraction of sp³-hybridized carbons (Fsp3) is 0.0714. The molecule has 0 spiro atoms. The summed E-state index contributed by atoms with van der Waals surface area (Å²) in [5.74, 6) is 0. The number of hydrogen-bond acceptors (Lipinski definition) is 3. The lowest BCUT2D eigenvalue weighted by Gasteiger charge is -2.00. The van der Waals surface area contributed by atoms with E-state index in [0.29, 0.717) is 6.42 Å². The van der Waals surface area contributed by atoms with E-state index in [-0.39, 0.29) is 0 Å². The normalized spacial score (nSPS) is 10.4. The van der Waals surface area contributed by atoms with E-state index in [1.807, 2.05) is 48.5 Å². The molecule has 0 aliphatic carbocycles. The molecule has 3 aromatic rings. The van der Waals surface area contributed by atoms with Crippen LogP contribution in [0.5, 0.6) is 0 Å². The van der Waals surface area contributed by atoms with Crippen molar-refractivity contribution < 1.29 is 0 Å². The van der Waals surface area contributed by atoms with Crippen LogP contribution in [0.2, 0.25) is 0 Å². The third-order valence-electron chi connectivity index (χ3n) is 2.74. The number of aromatic amines is 1. The second-order valence-corrected chi connectivity index (χ2v) is 3.98. The summed E-state index contributed by atoms with van der Waals surface area (Å²) in [4.78, 5) is 4.31. The summed E-state index contributed by atoms with van der Waals surface area (Å²) in [6.45, 7) is 0. The summed E-state index contributed by atoms with van der Waals surface area (Å²) in [7, 11) is 0. The molecule has 0 radical (unpaired) electrons. The molecule has 0 saturated heterocycles. The van der Waals surface area contributed by atoms with Crippen molar-refractivity contribution in [2.45, 2.75) is 6.42 Å². The van der Waals surface area contributed by atoms with Gasteiger partial charge in [-0.25, -0.2) is 0 Å². The van der Waals surface area contributed by atoms with Crippen molar-refractivity contribution in [2.24, 2.45) is 0 Å². The predicted octanol–water partition coefficient (Wildman–Crippen LogP) is 2.46. The molecule has 0 bridgehead atoms. The molecule has 0 atom stereocenters. The van der Waals surface area contributed by atoms with Crippen molar-refractivity contribution in [3.05, 3.63) is 66.1 Å². The van der Waals surface area contributed by atoms with E-state index in [1.54, 1.807) is 6.20 Å². The number of aromatic nitrogens is 4. The average Bonchev–Trinajstić information content (AvgIpc) is 2.89. The summed E-state index contributed by atoms with van der Waals surface area (Å²) in [6, 6.07) is 15.9. The Labute approximate surface area is 105 Å². The maximum Gasteiger partial charge on any atom is 0.116 e. The molecule has 0 aliphatic rings. The number of nitrogens with zero attached hydrogens (tertiary/aromatic N) is 3. The molecule has 0 unspecified atom stereocenters. The van der Waals surface area contributed by atoms with E-state index in [1.165, 1.54) is 0 Å². The van der Waals surface area contributed by atoms with Gasteiger partial charge in [0.1, 0.15) is 5.69 Å². The van der Waals surface area contributed by atoms with Crippen molar-refractivity contribution in [2.75, 3.05) is 0 Å². The Morgan fingerprint density at radius 1 is 0.889 bits per heavy atom. The van der Waals surface area contributed by atoms with Crippen molar-refractivity contribution in [1.82, 2.24) is 20.4 Å². The monoisotopic (exact) mass is 236 g/mol. The summed E-state index contributed by atoms with van der Waals surface area (Å²) < 4.78 is 0. The fourth-order valence-electron chi connectivity index (χ4n) is 1.88. The van der Waals surface area contributed by atoms with E-state index in [9.17, 15) is 0 Å². The van der Waals surface area contributed by atoms with E-state index < -0.39 is 0 Å². The zero-order valence-electron chi connectivity index (χ0n) is 9.74. The van der Waals surface area contributed by atoms with Gasteiger partial charge in [0.2, 0.25) is 0 Å². The number of rotatable bonds is 3. The molecular weight excluding hydrogens is 224 g/mol. The predicted molar refractivity (Wildman–Crippen MR) is 68.9 cm³/mol. The van der Waals surface area contributed by atoms with Crippen LogP contribution >= 0.6 is 0 Å². The molecule has 1 N–H and O–H groups in total. The van der Waals surface area contributed by atoms with Crippen LogP contribution in [0.15, 0.2) is 54.7 Å². The summed E-state index contributed by atoms with van der Waals surface area (Å²) in [5, 5.41) is 11.1. The third-order valence-corrected chi connectivity index (χ3v) is 2.74. The fourth-order valence-corrected chi connectivity index (χ4v) is 1.88. The van der Waals surface area contributed by atoms with Crippen molar-refractivity contribution in [1.29, 1.82) is 0 Å². The Hall–Kier alpha value is -2.49. The first-order chi connectivity index (χ1) is 8.93. The molecule has 4 heteroatoms. The second-order valence-electron chi connectivity index (χ2n) is 3.98. The van der Waals surface area contributed by atoms with Gasteiger partial charge in [-0.2, -0.15) is 15.4 Å². The molecule has 0 saturated carbocycles.